The highest BCUT2D eigenvalue weighted by molar-refractivity contribution is 5.93. The number of carbonyl (C=O) groups is 2. The van der Waals surface area contributed by atoms with Crippen molar-refractivity contribution in [2.75, 3.05) is 12.4 Å². The molecule has 0 saturated carbocycles. The van der Waals surface area contributed by atoms with Gasteiger partial charge in [0.25, 0.3) is 0 Å². The summed E-state index contributed by atoms with van der Waals surface area (Å²) in [6.07, 6.45) is 0.512. The van der Waals surface area contributed by atoms with E-state index in [1.807, 2.05) is 0 Å². The number of halogens is 1. The van der Waals surface area contributed by atoms with Crippen LogP contribution < -0.4 is 5.32 Å². The maximum atomic E-state index is 13.4. The zero-order valence-corrected chi connectivity index (χ0v) is 12.1. The number of esters is 1. The average Bonchev–Trinajstić information content (AvgIpc) is 2.54. The molecule has 22 heavy (non-hydrogen) atoms. The van der Waals surface area contributed by atoms with Crippen molar-refractivity contribution in [2.24, 2.45) is 0 Å². The molecule has 2 aromatic carbocycles. The molecule has 0 heterocycles. The lowest BCUT2D eigenvalue weighted by Gasteiger charge is -2.06. The van der Waals surface area contributed by atoms with Crippen molar-refractivity contribution in [3.8, 4) is 0 Å². The highest BCUT2D eigenvalue weighted by atomic mass is 19.1. The van der Waals surface area contributed by atoms with E-state index in [9.17, 15) is 14.0 Å². The van der Waals surface area contributed by atoms with Crippen molar-refractivity contribution in [1.29, 1.82) is 0 Å². The van der Waals surface area contributed by atoms with Gasteiger partial charge in [-0.1, -0.05) is 18.2 Å². The molecule has 4 nitrogen and oxygen atoms in total. The molecule has 1 amide bonds. The zero-order chi connectivity index (χ0) is 15.9. The SMILES string of the molecule is COC(=O)c1ccc(NC(=O)CCc2ccccc2F)cc1. The molecule has 2 aromatic rings. The van der Waals surface area contributed by atoms with Crippen LogP contribution in [0.15, 0.2) is 48.5 Å². The van der Waals surface area contributed by atoms with E-state index in [1.165, 1.54) is 13.2 Å². The van der Waals surface area contributed by atoms with Gasteiger partial charge in [0.15, 0.2) is 0 Å². The predicted molar refractivity (Wildman–Crippen MR) is 81.1 cm³/mol. The zero-order valence-electron chi connectivity index (χ0n) is 12.1. The Morgan fingerprint density at radius 3 is 2.41 bits per heavy atom. The topological polar surface area (TPSA) is 55.4 Å². The Labute approximate surface area is 127 Å². The Kier molecular flexibility index (Phi) is 5.25. The van der Waals surface area contributed by atoms with E-state index in [0.29, 0.717) is 23.2 Å². The second kappa shape index (κ2) is 7.36. The van der Waals surface area contributed by atoms with E-state index >= 15 is 0 Å². The van der Waals surface area contributed by atoms with Gasteiger partial charge in [0.1, 0.15) is 5.82 Å². The van der Waals surface area contributed by atoms with Gasteiger partial charge < -0.3 is 10.1 Å². The Morgan fingerprint density at radius 1 is 1.09 bits per heavy atom. The molecular weight excluding hydrogens is 285 g/mol. The van der Waals surface area contributed by atoms with Crippen LogP contribution >= 0.6 is 0 Å². The molecule has 0 aromatic heterocycles. The second-order valence-corrected chi connectivity index (χ2v) is 4.71. The van der Waals surface area contributed by atoms with Gasteiger partial charge in [-0.3, -0.25) is 4.79 Å². The first kappa shape index (κ1) is 15.7. The van der Waals surface area contributed by atoms with Gasteiger partial charge in [-0.05, 0) is 42.3 Å². The van der Waals surface area contributed by atoms with Crippen molar-refractivity contribution in [3.05, 3.63) is 65.5 Å². The third kappa shape index (κ3) is 4.15. The first-order valence-corrected chi connectivity index (χ1v) is 6.82. The maximum Gasteiger partial charge on any atom is 0.337 e. The van der Waals surface area contributed by atoms with Gasteiger partial charge in [-0.2, -0.15) is 0 Å². The molecule has 114 valence electrons. The fraction of sp³-hybridized carbons (Fsp3) is 0.176. The first-order valence-electron chi connectivity index (χ1n) is 6.82. The normalized spacial score (nSPS) is 10.1. The Bertz CT molecular complexity index is 668. The minimum absolute atomic E-state index is 0.180. The number of carbonyl (C=O) groups excluding carboxylic acids is 2. The number of hydrogen-bond acceptors (Lipinski definition) is 3. The van der Waals surface area contributed by atoms with Crippen LogP contribution in [-0.2, 0) is 16.0 Å². The third-order valence-electron chi connectivity index (χ3n) is 3.17. The number of benzene rings is 2. The molecule has 1 N–H and O–H groups in total. The second-order valence-electron chi connectivity index (χ2n) is 4.71. The molecule has 0 aliphatic rings. The number of rotatable bonds is 5. The van der Waals surface area contributed by atoms with E-state index in [1.54, 1.807) is 42.5 Å². The largest absolute Gasteiger partial charge is 0.465 e. The number of hydrogen-bond donors (Lipinski definition) is 1. The lowest BCUT2D eigenvalue weighted by Crippen LogP contribution is -2.13. The summed E-state index contributed by atoms with van der Waals surface area (Å²) in [5.41, 5.74) is 1.50. The van der Waals surface area contributed by atoms with Crippen LogP contribution in [0.25, 0.3) is 0 Å². The summed E-state index contributed by atoms with van der Waals surface area (Å²) in [4.78, 5) is 23.1. The smallest absolute Gasteiger partial charge is 0.337 e. The molecule has 0 spiro atoms. The minimum atomic E-state index is -0.433. The van der Waals surface area contributed by atoms with Gasteiger partial charge in [0.2, 0.25) is 5.91 Å². The molecule has 0 radical (unpaired) electrons. The monoisotopic (exact) mass is 301 g/mol. The summed E-state index contributed by atoms with van der Waals surface area (Å²) >= 11 is 0. The molecule has 2 rings (SSSR count). The Morgan fingerprint density at radius 2 is 1.77 bits per heavy atom. The molecule has 0 unspecified atom stereocenters. The fourth-order valence-electron chi connectivity index (χ4n) is 1.98. The number of ether oxygens (including phenoxy) is 1. The summed E-state index contributed by atoms with van der Waals surface area (Å²) in [5.74, 6) is -0.954. The van der Waals surface area contributed by atoms with Crippen LogP contribution in [0.4, 0.5) is 10.1 Å². The number of nitrogens with one attached hydrogen (secondary N) is 1. The average molecular weight is 301 g/mol. The summed E-state index contributed by atoms with van der Waals surface area (Å²) in [5, 5.41) is 2.70. The lowest BCUT2D eigenvalue weighted by molar-refractivity contribution is -0.116. The standard InChI is InChI=1S/C17H16FNO3/c1-22-17(21)13-6-9-14(10-7-13)19-16(20)11-8-12-4-2-3-5-15(12)18/h2-7,9-10H,8,11H2,1H3,(H,19,20). The number of methoxy groups -OCH3 is 1. The Balaban J connectivity index is 1.89. The minimum Gasteiger partial charge on any atom is -0.465 e. The van der Waals surface area contributed by atoms with Gasteiger partial charge in [0, 0.05) is 12.1 Å². The lowest BCUT2D eigenvalue weighted by atomic mass is 10.1. The molecule has 5 heteroatoms. The molecule has 0 bridgehead atoms. The summed E-state index contributed by atoms with van der Waals surface area (Å²) in [6.45, 7) is 0. The molecule has 0 atom stereocenters. The van der Waals surface area contributed by atoms with Crippen LogP contribution in [0.3, 0.4) is 0 Å². The third-order valence-corrected chi connectivity index (χ3v) is 3.17. The van der Waals surface area contributed by atoms with Crippen molar-refractivity contribution in [1.82, 2.24) is 0 Å². The van der Waals surface area contributed by atoms with E-state index < -0.39 is 5.97 Å². The quantitative estimate of drug-likeness (QED) is 0.863. The molecule has 0 aliphatic heterocycles. The van der Waals surface area contributed by atoms with Crippen molar-refractivity contribution in [2.45, 2.75) is 12.8 Å². The van der Waals surface area contributed by atoms with E-state index in [2.05, 4.69) is 10.1 Å². The van der Waals surface area contributed by atoms with Gasteiger partial charge >= 0.3 is 5.97 Å². The highest BCUT2D eigenvalue weighted by Crippen LogP contribution is 2.12. The fourth-order valence-corrected chi connectivity index (χ4v) is 1.98. The van der Waals surface area contributed by atoms with Gasteiger partial charge in [-0.15, -0.1) is 0 Å². The van der Waals surface area contributed by atoms with E-state index in [0.717, 1.165) is 0 Å². The summed E-state index contributed by atoms with van der Waals surface area (Å²) < 4.78 is 18.0. The number of amides is 1. The van der Waals surface area contributed by atoms with Crippen LogP contribution in [0.2, 0.25) is 0 Å². The summed E-state index contributed by atoms with van der Waals surface area (Å²) in [6, 6.07) is 12.8. The van der Waals surface area contributed by atoms with Gasteiger partial charge in [-0.25, -0.2) is 9.18 Å². The molecule has 0 saturated heterocycles. The van der Waals surface area contributed by atoms with E-state index in [-0.39, 0.29) is 18.1 Å². The first-order chi connectivity index (χ1) is 10.6. The summed E-state index contributed by atoms with van der Waals surface area (Å²) in [7, 11) is 1.31. The highest BCUT2D eigenvalue weighted by Gasteiger charge is 2.08. The van der Waals surface area contributed by atoms with Crippen molar-refractivity contribution >= 4 is 17.6 Å². The molecule has 0 fully saturated rings. The van der Waals surface area contributed by atoms with E-state index in [4.69, 9.17) is 0 Å². The maximum absolute atomic E-state index is 13.4. The van der Waals surface area contributed by atoms with Crippen LogP contribution in [0, 0.1) is 5.82 Å². The van der Waals surface area contributed by atoms with Gasteiger partial charge in [0.05, 0.1) is 12.7 Å². The van der Waals surface area contributed by atoms with Crippen LogP contribution in [-0.4, -0.2) is 19.0 Å². The Hall–Kier alpha value is -2.69. The predicted octanol–water partition coefficient (Wildman–Crippen LogP) is 3.18. The molecular formula is C17H16FNO3. The number of anilines is 1. The van der Waals surface area contributed by atoms with Crippen LogP contribution in [0.5, 0.6) is 0 Å². The van der Waals surface area contributed by atoms with Crippen molar-refractivity contribution < 1.29 is 18.7 Å². The number of aryl methyl sites for hydroxylation is 1. The van der Waals surface area contributed by atoms with Crippen molar-refractivity contribution in [3.63, 3.8) is 0 Å². The van der Waals surface area contributed by atoms with Crippen LogP contribution in [0.1, 0.15) is 22.3 Å². The molecule has 0 aliphatic carbocycles.